The molecule has 3 saturated heterocycles. The highest BCUT2D eigenvalue weighted by molar-refractivity contribution is 5.91. The van der Waals surface area contributed by atoms with Gasteiger partial charge in [-0.3, -0.25) is 0 Å². The summed E-state index contributed by atoms with van der Waals surface area (Å²) in [6.45, 7) is 10.0. The van der Waals surface area contributed by atoms with Gasteiger partial charge in [0.05, 0.1) is 41.1 Å². The molecule has 12 heteroatoms. The van der Waals surface area contributed by atoms with Crippen molar-refractivity contribution in [2.45, 2.75) is 134 Å². The molecule has 0 amide bonds. The molecule has 3 heterocycles. The van der Waals surface area contributed by atoms with E-state index in [2.05, 4.69) is 33.8 Å². The number of hydrogen-bond donors (Lipinski definition) is 0. The van der Waals surface area contributed by atoms with Crippen molar-refractivity contribution in [3.63, 3.8) is 0 Å². The lowest BCUT2D eigenvalue weighted by atomic mass is 9.47. The highest BCUT2D eigenvalue weighted by atomic mass is 16.7. The summed E-state index contributed by atoms with van der Waals surface area (Å²) in [6.07, 6.45) is 4.06. The topological polar surface area (TPSA) is 142 Å². The van der Waals surface area contributed by atoms with E-state index < -0.39 is 67.0 Å². The van der Waals surface area contributed by atoms with Gasteiger partial charge < -0.3 is 37.9 Å². The third-order valence-electron chi connectivity index (χ3n) is 18.4. The molecule has 0 N–H and O–H groups in total. The lowest BCUT2D eigenvalue weighted by molar-refractivity contribution is -0.310. The summed E-state index contributed by atoms with van der Waals surface area (Å²) < 4.78 is 52.4. The first-order valence-electron chi connectivity index (χ1n) is 26.7. The molecule has 384 valence electrons. The SMILES string of the molecule is CC1C2C(C[C@H]3[C@@H]4CC=C5C[C@@H](O[C@@H]6O[C@H](COC(=O)c7ccccc7)[C@@H](OC(=O)c7ccccc7)[C@H](OC(=O)c7ccccc7)[C@H]6OC(=O)c6ccccc6)CC[C@]5(C)[C@H]4CC[C@]23C)O[C@]12CC[C@@H](C)CO2. The Bertz CT molecular complexity index is 2650. The van der Waals surface area contributed by atoms with E-state index in [1.165, 1.54) is 12.0 Å². The highest BCUT2D eigenvalue weighted by Crippen LogP contribution is 2.70. The van der Waals surface area contributed by atoms with Crippen LogP contribution in [-0.4, -0.2) is 85.8 Å². The first-order chi connectivity index (χ1) is 35.3. The zero-order valence-corrected chi connectivity index (χ0v) is 42.3. The minimum Gasteiger partial charge on any atom is -0.459 e. The number of rotatable bonds is 11. The quantitative estimate of drug-likeness (QED) is 0.0802. The maximum Gasteiger partial charge on any atom is 0.338 e. The lowest BCUT2D eigenvalue weighted by Crippen LogP contribution is -2.63. The van der Waals surface area contributed by atoms with Crippen LogP contribution >= 0.6 is 0 Å². The third kappa shape index (κ3) is 9.35. The molecule has 0 aromatic heterocycles. The van der Waals surface area contributed by atoms with E-state index in [-0.39, 0.29) is 39.7 Å². The largest absolute Gasteiger partial charge is 0.459 e. The Kier molecular flexibility index (Phi) is 13.7. The molecule has 0 bridgehead atoms. The summed E-state index contributed by atoms with van der Waals surface area (Å²) in [5.74, 6) is -0.276. The van der Waals surface area contributed by atoms with Gasteiger partial charge in [0.1, 0.15) is 12.7 Å². The van der Waals surface area contributed by atoms with Crippen LogP contribution in [0, 0.1) is 46.3 Å². The van der Waals surface area contributed by atoms with E-state index in [9.17, 15) is 19.2 Å². The van der Waals surface area contributed by atoms with Gasteiger partial charge in [-0.25, -0.2) is 19.2 Å². The van der Waals surface area contributed by atoms with E-state index in [4.69, 9.17) is 37.9 Å². The molecule has 4 aliphatic carbocycles. The molecule has 11 rings (SSSR count). The monoisotopic (exact) mass is 992 g/mol. The molecule has 7 aliphatic rings. The van der Waals surface area contributed by atoms with Crippen LogP contribution in [0.5, 0.6) is 0 Å². The Morgan fingerprint density at radius 1 is 0.630 bits per heavy atom. The minimum atomic E-state index is -1.49. The van der Waals surface area contributed by atoms with Crippen LogP contribution in [-0.2, 0) is 37.9 Å². The molecular weight excluding hydrogens is 925 g/mol. The summed E-state index contributed by atoms with van der Waals surface area (Å²) in [5, 5.41) is 0. The smallest absolute Gasteiger partial charge is 0.338 e. The van der Waals surface area contributed by atoms with Crippen LogP contribution in [0.3, 0.4) is 0 Å². The summed E-state index contributed by atoms with van der Waals surface area (Å²) in [5.41, 5.74) is 2.50. The third-order valence-corrected chi connectivity index (χ3v) is 18.4. The maximum atomic E-state index is 14.2. The number of allylic oxidation sites excluding steroid dienone is 1. The van der Waals surface area contributed by atoms with Crippen LogP contribution in [0.25, 0.3) is 0 Å². The van der Waals surface area contributed by atoms with Crippen molar-refractivity contribution in [3.05, 3.63) is 155 Å². The number of carbonyl (C=O) groups is 4. The maximum absolute atomic E-state index is 14.2. The Hall–Kier alpha value is -5.66. The fourth-order valence-corrected chi connectivity index (χ4v) is 14.6. The van der Waals surface area contributed by atoms with E-state index in [1.807, 2.05) is 0 Å². The van der Waals surface area contributed by atoms with Crippen molar-refractivity contribution in [2.75, 3.05) is 13.2 Å². The molecule has 73 heavy (non-hydrogen) atoms. The number of carbonyl (C=O) groups excluding carboxylic acids is 4. The zero-order valence-electron chi connectivity index (χ0n) is 42.3. The van der Waals surface area contributed by atoms with Crippen molar-refractivity contribution in [2.24, 2.45) is 46.3 Å². The summed E-state index contributed by atoms with van der Waals surface area (Å²) in [4.78, 5) is 56.1. The molecule has 16 atom stereocenters. The Morgan fingerprint density at radius 2 is 1.19 bits per heavy atom. The minimum absolute atomic E-state index is 0.0383. The van der Waals surface area contributed by atoms with Crippen molar-refractivity contribution < 1.29 is 57.1 Å². The van der Waals surface area contributed by atoms with Crippen molar-refractivity contribution in [1.82, 2.24) is 0 Å². The standard InChI is InChI=1S/C61H68O12/c1-37-27-32-61(67-35-37)38(2)50-48(73-61)34-47-45-26-25-43-33-44(28-30-59(43,3)46(45)29-31-60(47,50)4)68-58-53(72-57(65)42-23-15-8-16-24-42)52(71-56(64)41-21-13-7-14-22-41)51(70-55(63)40-19-11-6-12-20-40)49(69-58)36-66-54(62)39-17-9-5-10-18-39/h5-25,37-38,44-53,58H,26-36H2,1-4H3/t37-,38?,44+,45-,46+,47+,48?,49-,50?,51-,52+,53-,58-,59+,60+,61-/m1/s1. The fraction of sp³-hybridized carbons (Fsp3) is 0.508. The van der Waals surface area contributed by atoms with Gasteiger partial charge in [0.15, 0.2) is 30.4 Å². The van der Waals surface area contributed by atoms with Crippen molar-refractivity contribution >= 4 is 23.9 Å². The van der Waals surface area contributed by atoms with Gasteiger partial charge in [-0.05, 0) is 140 Å². The lowest BCUT2D eigenvalue weighted by Gasteiger charge is -2.58. The zero-order chi connectivity index (χ0) is 50.5. The molecule has 1 spiro atoms. The predicted octanol–water partition coefficient (Wildman–Crippen LogP) is 11.0. The molecule has 6 fully saturated rings. The van der Waals surface area contributed by atoms with Crippen LogP contribution in [0.15, 0.2) is 133 Å². The Balaban J connectivity index is 0.890. The average Bonchev–Trinajstić information content (AvgIpc) is 3.87. The molecule has 0 radical (unpaired) electrons. The Morgan fingerprint density at radius 3 is 1.77 bits per heavy atom. The molecule has 4 aromatic carbocycles. The first kappa shape index (κ1) is 49.5. The van der Waals surface area contributed by atoms with E-state index >= 15 is 0 Å². The molecule has 12 nitrogen and oxygen atoms in total. The second kappa shape index (κ2) is 20.2. The van der Waals surface area contributed by atoms with Crippen LogP contribution < -0.4 is 0 Å². The number of fused-ring (bicyclic) bond motifs is 7. The molecule has 3 saturated carbocycles. The van der Waals surface area contributed by atoms with Gasteiger partial charge >= 0.3 is 23.9 Å². The van der Waals surface area contributed by atoms with E-state index in [0.717, 1.165) is 45.1 Å². The van der Waals surface area contributed by atoms with Crippen LogP contribution in [0.2, 0.25) is 0 Å². The van der Waals surface area contributed by atoms with Crippen molar-refractivity contribution in [3.8, 4) is 0 Å². The second-order valence-corrected chi connectivity index (χ2v) is 22.5. The van der Waals surface area contributed by atoms with E-state index in [0.29, 0.717) is 53.9 Å². The van der Waals surface area contributed by atoms with Gasteiger partial charge in [0.2, 0.25) is 0 Å². The molecule has 3 aliphatic heterocycles. The number of benzene rings is 4. The fourth-order valence-electron chi connectivity index (χ4n) is 14.6. The second-order valence-electron chi connectivity index (χ2n) is 22.5. The van der Waals surface area contributed by atoms with Gasteiger partial charge in [-0.2, -0.15) is 0 Å². The first-order valence-corrected chi connectivity index (χ1v) is 26.7. The predicted molar refractivity (Wildman–Crippen MR) is 269 cm³/mol. The molecular formula is C61H68O12. The van der Waals surface area contributed by atoms with Crippen LogP contribution in [0.4, 0.5) is 0 Å². The average molecular weight is 993 g/mol. The van der Waals surface area contributed by atoms with Gasteiger partial charge in [0, 0.05) is 12.3 Å². The van der Waals surface area contributed by atoms with Crippen LogP contribution in [0.1, 0.15) is 127 Å². The van der Waals surface area contributed by atoms with Gasteiger partial charge in [0.25, 0.3) is 0 Å². The summed E-state index contributed by atoms with van der Waals surface area (Å²) >= 11 is 0. The summed E-state index contributed by atoms with van der Waals surface area (Å²) in [6, 6.07) is 33.8. The molecule has 3 unspecified atom stereocenters. The van der Waals surface area contributed by atoms with E-state index in [1.54, 1.807) is 121 Å². The molecule has 4 aromatic rings. The summed E-state index contributed by atoms with van der Waals surface area (Å²) in [7, 11) is 0. The number of ether oxygens (including phenoxy) is 8. The number of hydrogen-bond acceptors (Lipinski definition) is 12. The Labute approximate surface area is 428 Å². The van der Waals surface area contributed by atoms with Gasteiger partial charge in [-0.1, -0.05) is 112 Å². The highest BCUT2D eigenvalue weighted by Gasteiger charge is 2.69. The van der Waals surface area contributed by atoms with Gasteiger partial charge in [-0.15, -0.1) is 0 Å². The van der Waals surface area contributed by atoms with Crippen molar-refractivity contribution in [1.29, 1.82) is 0 Å². The normalized spacial score (nSPS) is 37.3. The number of esters is 4.